The Kier molecular flexibility index (Phi) is 3.92. The molecule has 0 radical (unpaired) electrons. The largest absolute Gasteiger partial charge is 0.346 e. The number of hydrogen-bond donors (Lipinski definition) is 2. The average molecular weight is 317 g/mol. The molecule has 0 saturated heterocycles. The van der Waals surface area contributed by atoms with Crippen LogP contribution in [-0.2, 0) is 20.3 Å². The average Bonchev–Trinajstić information content (AvgIpc) is 2.12. The summed E-state index contributed by atoms with van der Waals surface area (Å²) in [6.07, 6.45) is 0. The molecule has 0 aliphatic rings. The predicted molar refractivity (Wildman–Crippen MR) is 60.0 cm³/mol. The van der Waals surface area contributed by atoms with Crippen LogP contribution in [0.2, 0.25) is 5.02 Å². The highest BCUT2D eigenvalue weighted by Gasteiger charge is 2.23. The molecule has 0 aliphatic heterocycles. The molecule has 0 aromatic heterocycles. The van der Waals surface area contributed by atoms with E-state index in [-0.39, 0.29) is 0 Å². The van der Waals surface area contributed by atoms with Gasteiger partial charge in [0.05, 0.1) is 9.82 Å². The molecule has 1 aromatic carbocycles. The number of nitro benzene ring substituents is 1. The van der Waals surface area contributed by atoms with Gasteiger partial charge in [-0.15, -0.1) is 0 Å². The van der Waals surface area contributed by atoms with E-state index in [9.17, 15) is 26.9 Å². The zero-order valence-corrected chi connectivity index (χ0v) is 10.7. The van der Waals surface area contributed by atoms with Crippen LogP contribution in [0, 0.1) is 10.1 Å². The van der Waals surface area contributed by atoms with Crippen LogP contribution in [0.1, 0.15) is 0 Å². The topological polar surface area (TPSA) is 144 Å². The van der Waals surface area contributed by atoms with Crippen LogP contribution in [-0.4, -0.2) is 26.3 Å². The monoisotopic (exact) mass is 316 g/mol. The van der Waals surface area contributed by atoms with Gasteiger partial charge in [0.2, 0.25) is 0 Å². The van der Waals surface area contributed by atoms with Crippen molar-refractivity contribution >= 4 is 37.6 Å². The second-order valence-electron chi connectivity index (χ2n) is 2.93. The van der Waals surface area contributed by atoms with Gasteiger partial charge in [0.1, 0.15) is 5.02 Å². The molecule has 0 fully saturated rings. The number of rotatable bonds is 4. The Balaban J connectivity index is 3.28. The molecule has 0 amide bonds. The highest BCUT2D eigenvalue weighted by molar-refractivity contribution is 8.02. The second-order valence-corrected chi connectivity index (χ2v) is 6.43. The van der Waals surface area contributed by atoms with Gasteiger partial charge in [-0.1, -0.05) is 15.7 Å². The van der Waals surface area contributed by atoms with E-state index in [1.54, 1.807) is 0 Å². The maximum atomic E-state index is 11.4. The third-order valence-electron chi connectivity index (χ3n) is 1.64. The third-order valence-corrected chi connectivity index (χ3v) is 4.54. The quantitative estimate of drug-likeness (QED) is 0.462. The number of benzene rings is 1. The molecule has 0 spiro atoms. The van der Waals surface area contributed by atoms with E-state index in [1.807, 2.05) is 0 Å². The summed E-state index contributed by atoms with van der Waals surface area (Å²) in [7, 11) is -9.56. The number of sulfonamides is 1. The van der Waals surface area contributed by atoms with E-state index >= 15 is 0 Å². The Bertz CT molecular complexity index is 697. The van der Waals surface area contributed by atoms with Crippen molar-refractivity contribution in [1.29, 1.82) is 0 Å². The number of nitrogens with zero attached hydrogens (tertiary/aromatic N) is 1. The summed E-state index contributed by atoms with van der Waals surface area (Å²) in [6, 6.07) is 2.26. The molecular formula is C6H5ClN2O7S2. The highest BCUT2D eigenvalue weighted by Crippen LogP contribution is 2.26. The minimum Gasteiger partial charge on any atom is -0.273 e. The van der Waals surface area contributed by atoms with Crippen LogP contribution >= 0.6 is 11.6 Å². The predicted octanol–water partition coefficient (Wildman–Crippen LogP) is 0.329. The summed E-state index contributed by atoms with van der Waals surface area (Å²) in [4.78, 5) is 8.95. The SMILES string of the molecule is O=[N+]([O-])c1ccc(S(=O)(=O)NS(=O)(=O)O)cc1Cl. The molecule has 1 aromatic rings. The molecule has 0 bridgehead atoms. The van der Waals surface area contributed by atoms with Gasteiger partial charge in [0, 0.05) is 6.07 Å². The molecule has 100 valence electrons. The van der Waals surface area contributed by atoms with Gasteiger partial charge in [-0.25, -0.2) is 8.42 Å². The van der Waals surface area contributed by atoms with Crippen LogP contribution in [0.4, 0.5) is 5.69 Å². The van der Waals surface area contributed by atoms with Crippen LogP contribution in [0.5, 0.6) is 0 Å². The van der Waals surface area contributed by atoms with Crippen molar-refractivity contribution in [2.45, 2.75) is 4.90 Å². The van der Waals surface area contributed by atoms with E-state index in [2.05, 4.69) is 0 Å². The number of halogens is 1. The lowest BCUT2D eigenvalue weighted by Crippen LogP contribution is -2.29. The molecule has 0 saturated carbocycles. The maximum Gasteiger partial charge on any atom is 0.346 e. The first-order valence-electron chi connectivity index (χ1n) is 3.98. The normalized spacial score (nSPS) is 12.3. The lowest BCUT2D eigenvalue weighted by molar-refractivity contribution is -0.384. The first-order valence-corrected chi connectivity index (χ1v) is 7.28. The van der Waals surface area contributed by atoms with Crippen LogP contribution in [0.15, 0.2) is 23.1 Å². The highest BCUT2D eigenvalue weighted by atomic mass is 35.5. The fraction of sp³-hybridized carbons (Fsp3) is 0. The van der Waals surface area contributed by atoms with Crippen molar-refractivity contribution in [3.05, 3.63) is 33.3 Å². The smallest absolute Gasteiger partial charge is 0.273 e. The van der Waals surface area contributed by atoms with Crippen LogP contribution in [0.3, 0.4) is 0 Å². The third kappa shape index (κ3) is 3.61. The molecule has 0 atom stereocenters. The second kappa shape index (κ2) is 4.78. The minimum atomic E-state index is -4.98. The minimum absolute atomic E-state index is 0.488. The molecular weight excluding hydrogens is 312 g/mol. The summed E-state index contributed by atoms with van der Waals surface area (Å²) in [6.45, 7) is 0. The van der Waals surface area contributed by atoms with Crippen molar-refractivity contribution in [3.63, 3.8) is 0 Å². The fourth-order valence-electron chi connectivity index (χ4n) is 0.990. The lowest BCUT2D eigenvalue weighted by Gasteiger charge is -2.04. The van der Waals surface area contributed by atoms with Crippen molar-refractivity contribution < 1.29 is 26.3 Å². The van der Waals surface area contributed by atoms with Gasteiger partial charge in [-0.3, -0.25) is 14.7 Å². The van der Waals surface area contributed by atoms with Crippen molar-refractivity contribution in [2.75, 3.05) is 0 Å². The molecule has 0 aliphatic carbocycles. The Morgan fingerprint density at radius 3 is 2.22 bits per heavy atom. The summed E-state index contributed by atoms with van der Waals surface area (Å²) in [5, 5.41) is 9.94. The Hall–Kier alpha value is -1.27. The zero-order valence-electron chi connectivity index (χ0n) is 8.27. The molecule has 2 N–H and O–H groups in total. The van der Waals surface area contributed by atoms with Crippen molar-refractivity contribution in [3.8, 4) is 0 Å². The van der Waals surface area contributed by atoms with Gasteiger partial charge < -0.3 is 0 Å². The van der Waals surface area contributed by atoms with E-state index in [0.29, 0.717) is 6.07 Å². The summed E-state index contributed by atoms with van der Waals surface area (Å²) in [5.74, 6) is 0. The Morgan fingerprint density at radius 2 is 1.83 bits per heavy atom. The molecule has 0 unspecified atom stereocenters. The van der Waals surface area contributed by atoms with Crippen molar-refractivity contribution in [1.82, 2.24) is 4.13 Å². The van der Waals surface area contributed by atoms with Gasteiger partial charge in [-0.05, 0) is 12.1 Å². The van der Waals surface area contributed by atoms with E-state index in [4.69, 9.17) is 16.2 Å². The number of hydrogen-bond acceptors (Lipinski definition) is 6. The molecule has 1 rings (SSSR count). The van der Waals surface area contributed by atoms with Gasteiger partial charge >= 0.3 is 10.3 Å². The summed E-state index contributed by atoms with van der Waals surface area (Å²) >= 11 is 5.46. The molecule has 0 heterocycles. The number of nitrogens with one attached hydrogen (secondary N) is 1. The van der Waals surface area contributed by atoms with Gasteiger partial charge in [-0.2, -0.15) is 8.42 Å². The molecule has 9 nitrogen and oxygen atoms in total. The lowest BCUT2D eigenvalue weighted by atomic mass is 10.3. The molecule has 12 heteroatoms. The summed E-state index contributed by atoms with van der Waals surface area (Å²) in [5.41, 5.74) is -0.539. The van der Waals surface area contributed by atoms with E-state index in [1.165, 1.54) is 0 Å². The zero-order chi connectivity index (χ0) is 14.1. The maximum absolute atomic E-state index is 11.4. The van der Waals surface area contributed by atoms with Gasteiger partial charge in [0.25, 0.3) is 15.7 Å². The number of nitro groups is 1. The summed E-state index contributed by atoms with van der Waals surface area (Å²) < 4.78 is 52.9. The standard InChI is InChI=1S/C6H5ClN2O7S2/c7-5-3-4(1-2-6(5)9(10)11)17(12,13)8-18(14,15)16/h1-3,8H,(H,14,15,16). The first-order chi connectivity index (χ1) is 8.03. The Labute approximate surface area is 106 Å². The Morgan fingerprint density at radius 1 is 1.28 bits per heavy atom. The first kappa shape index (κ1) is 14.8. The van der Waals surface area contributed by atoms with E-state index < -0.39 is 40.9 Å². The van der Waals surface area contributed by atoms with Gasteiger partial charge in [0.15, 0.2) is 0 Å². The molecule has 18 heavy (non-hydrogen) atoms. The fourth-order valence-corrected chi connectivity index (χ4v) is 3.32. The van der Waals surface area contributed by atoms with Crippen LogP contribution in [0.25, 0.3) is 0 Å². The van der Waals surface area contributed by atoms with Crippen LogP contribution < -0.4 is 4.13 Å². The van der Waals surface area contributed by atoms with Crippen molar-refractivity contribution in [2.24, 2.45) is 0 Å². The van der Waals surface area contributed by atoms with E-state index in [0.717, 1.165) is 16.3 Å².